The lowest BCUT2D eigenvalue weighted by molar-refractivity contribution is 0.0471. The lowest BCUT2D eigenvalue weighted by Crippen LogP contribution is -2.43. The predicted molar refractivity (Wildman–Crippen MR) is 219 cm³/mol. The maximum absolute atomic E-state index is 6.28. The highest BCUT2D eigenvalue weighted by Gasteiger charge is 2.30. The summed E-state index contributed by atoms with van der Waals surface area (Å²) in [6.07, 6.45) is 4.99. The summed E-state index contributed by atoms with van der Waals surface area (Å²) in [5.74, 6) is 1.85. The molecule has 0 aliphatic rings. The molecule has 14 heteroatoms. The molecule has 292 valence electrons. The van der Waals surface area contributed by atoms with Crippen molar-refractivity contribution in [1.82, 2.24) is 9.80 Å². The Labute approximate surface area is 318 Å². The van der Waals surface area contributed by atoms with Gasteiger partial charge in [0.05, 0.1) is 10.4 Å². The van der Waals surface area contributed by atoms with E-state index in [4.69, 9.17) is 36.0 Å². The van der Waals surface area contributed by atoms with Gasteiger partial charge in [0, 0.05) is 55.7 Å². The second-order valence-corrected chi connectivity index (χ2v) is 24.0. The highest BCUT2D eigenvalue weighted by atomic mass is 28.3. The van der Waals surface area contributed by atoms with Crippen molar-refractivity contribution in [3.8, 4) is 11.5 Å². The van der Waals surface area contributed by atoms with Crippen molar-refractivity contribution >= 4 is 38.1 Å². The van der Waals surface area contributed by atoms with Crippen molar-refractivity contribution in [2.75, 3.05) is 81.9 Å². The first-order valence-electron chi connectivity index (χ1n) is 18.6. The highest BCUT2D eigenvalue weighted by molar-refractivity contribution is 6.46. The van der Waals surface area contributed by atoms with Crippen LogP contribution < -0.4 is 8.85 Å². The largest absolute Gasteiger partial charge is 0.546 e. The summed E-state index contributed by atoms with van der Waals surface area (Å²) < 4.78 is 47.7. The van der Waals surface area contributed by atoms with Gasteiger partial charge < -0.3 is 45.8 Å². The Morgan fingerprint density at radius 3 is 1.22 bits per heavy atom. The van der Waals surface area contributed by atoms with Crippen LogP contribution in [0.3, 0.4) is 0 Å². The number of hydrogen-bond acceptors (Lipinski definition) is 10. The van der Waals surface area contributed by atoms with Crippen LogP contribution in [0.5, 0.6) is 11.5 Å². The maximum Gasteiger partial charge on any atom is 0.323 e. The summed E-state index contributed by atoms with van der Waals surface area (Å²) in [4.78, 5) is 5.22. The van der Waals surface area contributed by atoms with Gasteiger partial charge in [-0.1, -0.05) is 50.2 Å². The Hall–Kier alpha value is -1.41. The zero-order valence-corrected chi connectivity index (χ0v) is 38.6. The average molecular weight is 783 g/mol. The van der Waals surface area contributed by atoms with Crippen LogP contribution in [0.2, 0.25) is 11.1 Å². The van der Waals surface area contributed by atoms with Crippen LogP contribution in [0.25, 0.3) is 0 Å². The minimum Gasteiger partial charge on any atom is -0.546 e. The fourth-order valence-electron chi connectivity index (χ4n) is 6.12. The summed E-state index contributed by atoms with van der Waals surface area (Å²) >= 11 is 0. The van der Waals surface area contributed by atoms with Crippen molar-refractivity contribution in [2.45, 2.75) is 81.3 Å². The van der Waals surface area contributed by atoms with Crippen LogP contribution in [0, 0.1) is 0 Å². The molecule has 2 rings (SSSR count). The Kier molecular flexibility index (Phi) is 22.9. The summed E-state index contributed by atoms with van der Waals surface area (Å²) in [6.45, 7) is 14.8. The van der Waals surface area contributed by atoms with E-state index >= 15 is 0 Å². The summed E-state index contributed by atoms with van der Waals surface area (Å²) in [5, 5.41) is -0.532. The topological polar surface area (TPSA) is 80.3 Å². The number of methoxy groups -OCH3 is 2. The second kappa shape index (κ2) is 25.6. The van der Waals surface area contributed by atoms with Gasteiger partial charge in [-0.2, -0.15) is 0 Å². The van der Waals surface area contributed by atoms with Gasteiger partial charge in [-0.15, -0.1) is 0 Å². The number of para-hydroxylation sites is 2. The molecule has 0 amide bonds. The highest BCUT2D eigenvalue weighted by Crippen LogP contribution is 2.22. The van der Waals surface area contributed by atoms with Crippen LogP contribution in [0.1, 0.15) is 59.8 Å². The Morgan fingerprint density at radius 2 is 0.902 bits per heavy atom. The zero-order valence-electron chi connectivity index (χ0n) is 33.4. The van der Waals surface area contributed by atoms with Gasteiger partial charge in [0.2, 0.25) is 0 Å². The second-order valence-electron chi connectivity index (χ2n) is 14.3. The van der Waals surface area contributed by atoms with Gasteiger partial charge in [0.1, 0.15) is 11.5 Å². The van der Waals surface area contributed by atoms with Crippen LogP contribution in [-0.2, 0) is 27.2 Å². The van der Waals surface area contributed by atoms with E-state index in [1.54, 1.807) is 28.4 Å². The van der Waals surface area contributed by atoms with Crippen LogP contribution in [0.4, 0.5) is 0 Å². The first-order chi connectivity index (χ1) is 24.5. The van der Waals surface area contributed by atoms with Crippen molar-refractivity contribution in [2.24, 2.45) is 0 Å². The van der Waals surface area contributed by atoms with Gasteiger partial charge in [-0.05, 0) is 107 Å². The van der Waals surface area contributed by atoms with Gasteiger partial charge in [0.15, 0.2) is 0 Å². The molecule has 0 saturated carbocycles. The van der Waals surface area contributed by atoms with Crippen LogP contribution in [-0.4, -0.2) is 140 Å². The van der Waals surface area contributed by atoms with Gasteiger partial charge in [-0.3, -0.25) is 0 Å². The molecule has 51 heavy (non-hydrogen) atoms. The molecule has 0 aliphatic heterocycles. The molecule has 0 spiro atoms. The Bertz CT molecular complexity index is 1050. The lowest BCUT2D eigenvalue weighted by atomic mass is 10.2. The third-order valence-electron chi connectivity index (χ3n) is 10.1. The number of nitrogens with zero attached hydrogens (tertiary/aromatic N) is 2. The Balaban J connectivity index is 2.10. The molecule has 0 fully saturated rings. The average Bonchev–Trinajstić information content (AvgIpc) is 3.16. The smallest absolute Gasteiger partial charge is 0.323 e. The first kappa shape index (κ1) is 45.7. The molecule has 4 unspecified atom stereocenters. The standard InChI is InChI=1S/C37H70N2O8Si4/c1-32(50(42-7)43-8)22-28-38(30-24-36(3,40-5)48-46-34-18-13-11-14-19-34)26-17-27-39(29-23-33(2)51(44-9)45-10)31-25-37(4,41-6)49-47-35-20-15-12-16-21-35/h11-16,18-21,32-33,50-51H,17,22-31,48-49H2,1-10H3. The molecule has 0 aliphatic carbocycles. The van der Waals surface area contributed by atoms with E-state index in [0.29, 0.717) is 11.1 Å². The SMILES string of the molecule is CO[SiH](OC)C(C)CCN(CCCN(CCC(C)[SiH](OC)OC)CCC(C)(OC)[SiH2]Oc1ccccc1)CCC(C)(OC)[SiH2]Oc1ccccc1. The van der Waals surface area contributed by atoms with Crippen molar-refractivity contribution in [1.29, 1.82) is 0 Å². The van der Waals surface area contributed by atoms with E-state index in [0.717, 1.165) is 82.9 Å². The molecule has 0 radical (unpaired) electrons. The summed E-state index contributed by atoms with van der Waals surface area (Å²) in [6, 6.07) is 20.2. The van der Waals surface area contributed by atoms with E-state index in [2.05, 4.69) is 37.5 Å². The molecule has 10 nitrogen and oxygen atoms in total. The Morgan fingerprint density at radius 1 is 0.549 bits per heavy atom. The van der Waals surface area contributed by atoms with E-state index < -0.39 is 38.1 Å². The van der Waals surface area contributed by atoms with Crippen molar-refractivity contribution < 1.29 is 36.0 Å². The third kappa shape index (κ3) is 18.0. The molecule has 0 bridgehead atoms. The molecule has 0 aromatic heterocycles. The number of hydrogen-bond donors (Lipinski definition) is 0. The van der Waals surface area contributed by atoms with E-state index in [-0.39, 0.29) is 10.4 Å². The van der Waals surface area contributed by atoms with Crippen molar-refractivity contribution in [3.05, 3.63) is 60.7 Å². The van der Waals surface area contributed by atoms with Gasteiger partial charge >= 0.3 is 18.6 Å². The number of rotatable bonds is 30. The molecular weight excluding hydrogens is 713 g/mol. The number of ether oxygens (including phenoxy) is 2. The minimum atomic E-state index is -1.69. The molecule has 4 atom stereocenters. The van der Waals surface area contributed by atoms with E-state index in [1.807, 2.05) is 74.9 Å². The summed E-state index contributed by atoms with van der Waals surface area (Å²) in [7, 11) is 5.39. The minimum absolute atomic E-state index is 0.266. The molecule has 2 aromatic carbocycles. The maximum atomic E-state index is 6.28. The summed E-state index contributed by atoms with van der Waals surface area (Å²) in [5.41, 5.74) is 0.829. The molecule has 0 heterocycles. The van der Waals surface area contributed by atoms with Gasteiger partial charge in [0.25, 0.3) is 19.5 Å². The monoisotopic (exact) mass is 782 g/mol. The fourth-order valence-corrected chi connectivity index (χ4v) is 11.4. The van der Waals surface area contributed by atoms with E-state index in [9.17, 15) is 0 Å². The third-order valence-corrected chi connectivity index (χ3v) is 17.9. The molecule has 0 N–H and O–H groups in total. The normalized spacial score (nSPS) is 16.1. The fraction of sp³-hybridized carbons (Fsp3) is 0.676. The number of benzene rings is 2. The lowest BCUT2D eigenvalue weighted by Gasteiger charge is -2.33. The molecule has 2 aromatic rings. The first-order valence-corrected chi connectivity index (χ1v) is 24.3. The molecular formula is C37H70N2O8Si4. The van der Waals surface area contributed by atoms with Gasteiger partial charge in [-0.25, -0.2) is 0 Å². The van der Waals surface area contributed by atoms with Crippen LogP contribution in [0.15, 0.2) is 60.7 Å². The zero-order chi connectivity index (χ0) is 37.5. The molecule has 0 saturated heterocycles. The predicted octanol–water partition coefficient (Wildman–Crippen LogP) is 4.40. The quantitative estimate of drug-likeness (QED) is 0.107. The van der Waals surface area contributed by atoms with Crippen molar-refractivity contribution in [3.63, 3.8) is 0 Å². The van der Waals surface area contributed by atoms with Crippen LogP contribution >= 0.6 is 0 Å². The van der Waals surface area contributed by atoms with E-state index in [1.165, 1.54) is 0 Å².